The van der Waals surface area contributed by atoms with E-state index in [4.69, 9.17) is 15.5 Å². The van der Waals surface area contributed by atoms with Crippen LogP contribution in [0.3, 0.4) is 0 Å². The molecule has 0 saturated heterocycles. The Morgan fingerprint density at radius 1 is 1.48 bits per heavy atom. The summed E-state index contributed by atoms with van der Waals surface area (Å²) in [6, 6.07) is 2.13. The molecule has 25 heavy (non-hydrogen) atoms. The molecular formula is C17H20N4O2S2. The van der Waals surface area contributed by atoms with Gasteiger partial charge in [-0.1, -0.05) is 11.3 Å². The Morgan fingerprint density at radius 3 is 2.92 bits per heavy atom. The summed E-state index contributed by atoms with van der Waals surface area (Å²) in [7, 11) is 3.50. The predicted octanol–water partition coefficient (Wildman–Crippen LogP) is 2.91. The summed E-state index contributed by atoms with van der Waals surface area (Å²) in [4.78, 5) is 5.66. The van der Waals surface area contributed by atoms with Crippen LogP contribution in [-0.4, -0.2) is 38.8 Å². The molecule has 0 bridgehead atoms. The largest absolute Gasteiger partial charge is 0.611 e. The maximum atomic E-state index is 12.6. The molecule has 1 fully saturated rings. The SMILES string of the molecule is COCC[S@+]([O-])c1sc2nc(-c3cnn(C)c3)cc(C3CC3)c2c1N. The fraction of sp³-hybridized carbons (Fsp3) is 0.412. The van der Waals surface area contributed by atoms with Gasteiger partial charge in [0.2, 0.25) is 4.21 Å². The van der Waals surface area contributed by atoms with Gasteiger partial charge in [-0.25, -0.2) is 4.98 Å². The van der Waals surface area contributed by atoms with Crippen LogP contribution in [0.5, 0.6) is 0 Å². The molecule has 0 aliphatic heterocycles. The number of nitrogens with two attached hydrogens (primary N) is 1. The highest BCUT2D eigenvalue weighted by atomic mass is 32.2. The van der Waals surface area contributed by atoms with Gasteiger partial charge in [0.15, 0.2) is 0 Å². The Morgan fingerprint density at radius 2 is 2.28 bits per heavy atom. The van der Waals surface area contributed by atoms with Crippen molar-refractivity contribution >= 4 is 38.4 Å². The van der Waals surface area contributed by atoms with Gasteiger partial charge >= 0.3 is 0 Å². The van der Waals surface area contributed by atoms with Crippen LogP contribution in [0.4, 0.5) is 5.69 Å². The van der Waals surface area contributed by atoms with Gasteiger partial charge < -0.3 is 15.0 Å². The fourth-order valence-electron chi connectivity index (χ4n) is 2.97. The molecule has 1 atom stereocenters. The van der Waals surface area contributed by atoms with Crippen LogP contribution in [0.25, 0.3) is 21.5 Å². The van der Waals surface area contributed by atoms with Gasteiger partial charge in [-0.05, 0) is 30.4 Å². The van der Waals surface area contributed by atoms with Gasteiger partial charge in [-0.2, -0.15) is 5.10 Å². The third-order valence-corrected chi connectivity index (χ3v) is 7.27. The van der Waals surface area contributed by atoms with Crippen LogP contribution in [0.2, 0.25) is 0 Å². The lowest BCUT2D eigenvalue weighted by Crippen LogP contribution is -2.11. The van der Waals surface area contributed by atoms with E-state index in [1.807, 2.05) is 19.4 Å². The molecule has 1 aliphatic rings. The molecule has 0 spiro atoms. The summed E-state index contributed by atoms with van der Waals surface area (Å²) >= 11 is 0.275. The second kappa shape index (κ2) is 6.60. The van der Waals surface area contributed by atoms with Crippen molar-refractivity contribution in [1.82, 2.24) is 14.8 Å². The molecule has 1 aliphatic carbocycles. The zero-order chi connectivity index (χ0) is 17.6. The summed E-state index contributed by atoms with van der Waals surface area (Å²) < 4.78 is 20.1. The quantitative estimate of drug-likeness (QED) is 0.668. The van der Waals surface area contributed by atoms with Crippen LogP contribution >= 0.6 is 11.3 Å². The molecule has 1 saturated carbocycles. The zero-order valence-electron chi connectivity index (χ0n) is 14.2. The van der Waals surface area contributed by atoms with E-state index in [0.29, 0.717) is 28.2 Å². The topological polar surface area (TPSA) is 89.0 Å². The number of hydrogen-bond donors (Lipinski definition) is 1. The minimum atomic E-state index is -1.16. The second-order valence-electron chi connectivity index (χ2n) is 6.30. The van der Waals surface area contributed by atoms with Crippen LogP contribution in [0.1, 0.15) is 24.3 Å². The summed E-state index contributed by atoms with van der Waals surface area (Å²) in [6.45, 7) is 0.449. The molecule has 4 rings (SSSR count). The molecule has 0 amide bonds. The van der Waals surface area contributed by atoms with Crippen molar-refractivity contribution in [2.45, 2.75) is 23.0 Å². The lowest BCUT2D eigenvalue weighted by molar-refractivity contribution is 0.217. The third kappa shape index (κ3) is 3.15. The molecule has 3 aromatic heterocycles. The Bertz CT molecular complexity index is 917. The number of rotatable bonds is 6. The maximum Gasteiger partial charge on any atom is 0.232 e. The van der Waals surface area contributed by atoms with E-state index in [1.165, 1.54) is 29.7 Å². The number of thiophene rings is 1. The molecule has 2 N–H and O–H groups in total. The van der Waals surface area contributed by atoms with Crippen molar-refractivity contribution in [3.05, 3.63) is 24.0 Å². The van der Waals surface area contributed by atoms with Crippen molar-refractivity contribution in [1.29, 1.82) is 0 Å². The highest BCUT2D eigenvalue weighted by Gasteiger charge is 2.31. The predicted molar refractivity (Wildman–Crippen MR) is 101 cm³/mol. The Balaban J connectivity index is 1.84. The molecule has 0 aromatic carbocycles. The minimum absolute atomic E-state index is 0.446. The molecular weight excluding hydrogens is 356 g/mol. The second-order valence-corrected chi connectivity index (χ2v) is 9.06. The fourth-order valence-corrected chi connectivity index (χ4v) is 5.54. The van der Waals surface area contributed by atoms with Gasteiger partial charge in [-0.3, -0.25) is 4.68 Å². The van der Waals surface area contributed by atoms with Gasteiger partial charge in [-0.15, -0.1) is 0 Å². The lowest BCUT2D eigenvalue weighted by Gasteiger charge is -2.08. The smallest absolute Gasteiger partial charge is 0.232 e. The molecule has 0 radical (unpaired) electrons. The van der Waals surface area contributed by atoms with Crippen LogP contribution in [-0.2, 0) is 23.0 Å². The van der Waals surface area contributed by atoms with E-state index in [0.717, 1.165) is 21.5 Å². The van der Waals surface area contributed by atoms with Crippen molar-refractivity contribution in [3.8, 4) is 11.3 Å². The Hall–Kier alpha value is -1.61. The number of nitrogen functional groups attached to an aromatic ring is 1. The van der Waals surface area contributed by atoms with Crippen molar-refractivity contribution in [2.24, 2.45) is 7.05 Å². The lowest BCUT2D eigenvalue weighted by atomic mass is 10.0. The van der Waals surface area contributed by atoms with E-state index in [2.05, 4.69) is 11.2 Å². The zero-order valence-corrected chi connectivity index (χ0v) is 15.8. The van der Waals surface area contributed by atoms with E-state index >= 15 is 0 Å². The molecule has 3 aromatic rings. The van der Waals surface area contributed by atoms with Crippen LogP contribution in [0.15, 0.2) is 22.7 Å². The van der Waals surface area contributed by atoms with Gasteiger partial charge in [0.1, 0.15) is 16.3 Å². The van der Waals surface area contributed by atoms with Crippen LogP contribution in [0, 0.1) is 0 Å². The number of hydrogen-bond acceptors (Lipinski definition) is 6. The number of nitrogens with zero attached hydrogens (tertiary/aromatic N) is 3. The average Bonchev–Trinajstić information content (AvgIpc) is 3.28. The first-order valence-corrected chi connectivity index (χ1v) is 10.3. The number of pyridine rings is 1. The number of aromatic nitrogens is 3. The van der Waals surface area contributed by atoms with Crippen molar-refractivity contribution < 1.29 is 9.29 Å². The highest BCUT2D eigenvalue weighted by molar-refractivity contribution is 7.93. The van der Waals surface area contributed by atoms with Crippen molar-refractivity contribution in [2.75, 3.05) is 25.2 Å². The number of methoxy groups -OCH3 is 1. The monoisotopic (exact) mass is 376 g/mol. The normalized spacial score (nSPS) is 15.8. The first kappa shape index (κ1) is 16.8. The van der Waals surface area contributed by atoms with E-state index in [-0.39, 0.29) is 0 Å². The standard InChI is InChI=1S/C17H20N4O2S2/c1-21-9-11(8-19-21)13-7-12(10-3-4-10)14-15(18)17(24-16(14)20-13)25(22)6-5-23-2/h7-10H,3-6,18H2,1-2H3/t25-/m0/s1. The summed E-state index contributed by atoms with van der Waals surface area (Å²) in [5.41, 5.74) is 10.1. The number of fused-ring (bicyclic) bond motifs is 1. The molecule has 6 nitrogen and oxygen atoms in total. The van der Waals surface area contributed by atoms with Crippen molar-refractivity contribution in [3.63, 3.8) is 0 Å². The summed E-state index contributed by atoms with van der Waals surface area (Å²) in [5.74, 6) is 0.972. The highest BCUT2D eigenvalue weighted by Crippen LogP contribution is 2.48. The number of anilines is 1. The Kier molecular flexibility index (Phi) is 4.45. The minimum Gasteiger partial charge on any atom is -0.611 e. The molecule has 0 unspecified atom stereocenters. The van der Waals surface area contributed by atoms with Gasteiger partial charge in [0.05, 0.1) is 18.5 Å². The number of ether oxygens (including phenoxy) is 1. The first-order chi connectivity index (χ1) is 12.1. The average molecular weight is 377 g/mol. The summed E-state index contributed by atoms with van der Waals surface area (Å²) in [5, 5.41) is 5.23. The van der Waals surface area contributed by atoms with Gasteiger partial charge in [0, 0.05) is 42.5 Å². The summed E-state index contributed by atoms with van der Waals surface area (Å²) in [6.07, 6.45) is 6.12. The van der Waals surface area contributed by atoms with E-state index in [1.54, 1.807) is 11.8 Å². The van der Waals surface area contributed by atoms with E-state index < -0.39 is 11.2 Å². The maximum absolute atomic E-state index is 12.6. The first-order valence-electron chi connectivity index (χ1n) is 8.17. The van der Waals surface area contributed by atoms with Gasteiger partial charge in [0.25, 0.3) is 0 Å². The molecule has 132 valence electrons. The Labute approximate surface area is 153 Å². The molecule has 8 heteroatoms. The third-order valence-electron chi connectivity index (χ3n) is 4.39. The van der Waals surface area contributed by atoms with E-state index in [9.17, 15) is 4.55 Å². The number of aryl methyl sites for hydroxylation is 1. The van der Waals surface area contributed by atoms with Crippen LogP contribution < -0.4 is 5.73 Å². The molecule has 3 heterocycles.